The van der Waals surface area contributed by atoms with E-state index in [9.17, 15) is 9.59 Å². The number of rotatable bonds is 3. The third kappa shape index (κ3) is 3.07. The van der Waals surface area contributed by atoms with Gasteiger partial charge in [0.15, 0.2) is 0 Å². The maximum atomic E-state index is 13.5. The van der Waals surface area contributed by atoms with Crippen molar-refractivity contribution < 1.29 is 14.3 Å². The first kappa shape index (κ1) is 20.3. The Morgan fingerprint density at radius 1 is 1.03 bits per heavy atom. The molecular weight excluding hydrogens is 404 g/mol. The number of amides is 1. The smallest absolute Gasteiger partial charge is 0.315 e. The number of pyridine rings is 1. The van der Waals surface area contributed by atoms with Crippen LogP contribution in [0.3, 0.4) is 0 Å². The highest BCUT2D eigenvalue weighted by atomic mass is 16.5. The molecule has 32 heavy (non-hydrogen) atoms. The standard InChI is InChI=1S/C25H24N4O3/c1-14-5-8-21(28-22(14)18-9-10-32-23(18)30)29-20-11-16(17-12-26-15(2)27-13-17)6-7-19(20)25(3,4)24(29)31/h5-8,11-13,18H,9-10H2,1-4H3. The number of anilines is 2. The minimum atomic E-state index is -0.698. The lowest BCUT2D eigenvalue weighted by atomic mass is 9.85. The third-order valence-electron chi connectivity index (χ3n) is 6.38. The fraction of sp³-hybridized carbons (Fsp3) is 0.320. The molecule has 0 aliphatic carbocycles. The van der Waals surface area contributed by atoms with Gasteiger partial charge in [0, 0.05) is 24.4 Å². The first-order valence-corrected chi connectivity index (χ1v) is 10.7. The van der Waals surface area contributed by atoms with Crippen LogP contribution in [0.4, 0.5) is 11.5 Å². The van der Waals surface area contributed by atoms with Gasteiger partial charge in [0.2, 0.25) is 5.91 Å². The predicted molar refractivity (Wildman–Crippen MR) is 120 cm³/mol. The maximum absolute atomic E-state index is 13.5. The van der Waals surface area contributed by atoms with Crippen molar-refractivity contribution in [2.75, 3.05) is 11.5 Å². The summed E-state index contributed by atoms with van der Waals surface area (Å²) >= 11 is 0. The molecule has 4 heterocycles. The molecule has 0 saturated carbocycles. The Labute approximate surface area is 186 Å². The number of aromatic nitrogens is 3. The highest BCUT2D eigenvalue weighted by molar-refractivity contribution is 6.12. The molecule has 1 amide bonds. The van der Waals surface area contributed by atoms with Gasteiger partial charge < -0.3 is 4.74 Å². The van der Waals surface area contributed by atoms with Crippen molar-refractivity contribution >= 4 is 23.4 Å². The first-order chi connectivity index (χ1) is 15.3. The second-order valence-corrected chi connectivity index (χ2v) is 8.90. The number of carbonyl (C=O) groups excluding carboxylic acids is 2. The van der Waals surface area contributed by atoms with Gasteiger partial charge in [0.1, 0.15) is 17.6 Å². The van der Waals surface area contributed by atoms with Crippen molar-refractivity contribution in [2.24, 2.45) is 0 Å². The lowest BCUT2D eigenvalue weighted by Gasteiger charge is -2.21. The van der Waals surface area contributed by atoms with Gasteiger partial charge in [-0.25, -0.2) is 15.0 Å². The second kappa shape index (κ2) is 7.22. The second-order valence-electron chi connectivity index (χ2n) is 8.90. The molecule has 0 N–H and O–H groups in total. The molecule has 1 unspecified atom stereocenters. The minimum Gasteiger partial charge on any atom is -0.465 e. The van der Waals surface area contributed by atoms with E-state index in [4.69, 9.17) is 9.72 Å². The summed E-state index contributed by atoms with van der Waals surface area (Å²) in [5.41, 5.74) is 4.41. The molecule has 5 rings (SSSR count). The van der Waals surface area contributed by atoms with E-state index < -0.39 is 11.3 Å². The van der Waals surface area contributed by atoms with E-state index in [0.717, 1.165) is 27.9 Å². The predicted octanol–water partition coefficient (Wildman–Crippen LogP) is 4.14. The number of fused-ring (bicyclic) bond motifs is 1. The highest BCUT2D eigenvalue weighted by Crippen LogP contribution is 2.46. The molecule has 2 aliphatic heterocycles. The van der Waals surface area contributed by atoms with Gasteiger partial charge in [-0.15, -0.1) is 0 Å². The van der Waals surface area contributed by atoms with Gasteiger partial charge in [-0.05, 0) is 56.5 Å². The number of hydrogen-bond acceptors (Lipinski definition) is 6. The first-order valence-electron chi connectivity index (χ1n) is 10.7. The number of esters is 1. The van der Waals surface area contributed by atoms with Gasteiger partial charge in [-0.3, -0.25) is 14.5 Å². The van der Waals surface area contributed by atoms with Crippen LogP contribution in [0.1, 0.15) is 48.8 Å². The SMILES string of the molecule is Cc1ncc(-c2ccc3c(c2)N(c2ccc(C)c(C4CCOC4=O)n2)C(=O)C3(C)C)cn1. The molecule has 162 valence electrons. The van der Waals surface area contributed by atoms with Crippen molar-refractivity contribution in [3.63, 3.8) is 0 Å². The Kier molecular flexibility index (Phi) is 4.58. The summed E-state index contributed by atoms with van der Waals surface area (Å²) in [5, 5.41) is 0. The number of cyclic esters (lactones) is 1. The van der Waals surface area contributed by atoms with Crippen molar-refractivity contribution in [1.82, 2.24) is 15.0 Å². The van der Waals surface area contributed by atoms with Crippen LogP contribution in [0.15, 0.2) is 42.7 Å². The van der Waals surface area contributed by atoms with Gasteiger partial charge in [0.25, 0.3) is 0 Å². The topological polar surface area (TPSA) is 85.3 Å². The van der Waals surface area contributed by atoms with E-state index in [1.807, 2.05) is 58.0 Å². The van der Waals surface area contributed by atoms with Crippen LogP contribution in [0, 0.1) is 13.8 Å². The fourth-order valence-electron chi connectivity index (χ4n) is 4.45. The van der Waals surface area contributed by atoms with Crippen LogP contribution in [-0.2, 0) is 19.7 Å². The zero-order chi connectivity index (χ0) is 22.6. The Bertz CT molecular complexity index is 1250. The van der Waals surface area contributed by atoms with Crippen molar-refractivity contribution in [1.29, 1.82) is 0 Å². The minimum absolute atomic E-state index is 0.0545. The molecule has 2 aromatic heterocycles. The summed E-state index contributed by atoms with van der Waals surface area (Å²) in [6, 6.07) is 9.73. The van der Waals surface area contributed by atoms with Crippen LogP contribution >= 0.6 is 0 Å². The van der Waals surface area contributed by atoms with E-state index in [1.165, 1.54) is 0 Å². The lowest BCUT2D eigenvalue weighted by molar-refractivity contribution is -0.139. The van der Waals surface area contributed by atoms with Gasteiger partial charge in [-0.1, -0.05) is 18.2 Å². The molecule has 2 aliphatic rings. The fourth-order valence-corrected chi connectivity index (χ4v) is 4.45. The summed E-state index contributed by atoms with van der Waals surface area (Å²) in [5.74, 6) is 0.513. The largest absolute Gasteiger partial charge is 0.465 e. The van der Waals surface area contributed by atoms with E-state index in [2.05, 4.69) is 9.97 Å². The average Bonchev–Trinajstić information content (AvgIpc) is 3.28. The van der Waals surface area contributed by atoms with Crippen molar-refractivity contribution in [2.45, 2.75) is 45.4 Å². The molecule has 1 saturated heterocycles. The van der Waals surface area contributed by atoms with E-state index in [0.29, 0.717) is 30.4 Å². The Hall–Kier alpha value is -3.61. The zero-order valence-corrected chi connectivity index (χ0v) is 18.5. The molecule has 0 radical (unpaired) electrons. The Balaban J connectivity index is 1.63. The van der Waals surface area contributed by atoms with Crippen LogP contribution in [0.25, 0.3) is 11.1 Å². The summed E-state index contributed by atoms with van der Waals surface area (Å²) in [6.45, 7) is 8.01. The van der Waals surface area contributed by atoms with Gasteiger partial charge >= 0.3 is 5.97 Å². The molecule has 7 heteroatoms. The number of nitrogens with zero attached hydrogens (tertiary/aromatic N) is 4. The molecule has 7 nitrogen and oxygen atoms in total. The zero-order valence-electron chi connectivity index (χ0n) is 18.5. The molecular formula is C25H24N4O3. The number of carbonyl (C=O) groups is 2. The molecule has 1 fully saturated rings. The van der Waals surface area contributed by atoms with Crippen molar-refractivity contribution in [3.8, 4) is 11.1 Å². The molecule has 1 atom stereocenters. The number of hydrogen-bond donors (Lipinski definition) is 0. The van der Waals surface area contributed by atoms with Crippen LogP contribution < -0.4 is 4.90 Å². The molecule has 0 bridgehead atoms. The van der Waals surface area contributed by atoms with Gasteiger partial charge in [0.05, 0.1) is 23.4 Å². The maximum Gasteiger partial charge on any atom is 0.315 e. The number of ether oxygens (including phenoxy) is 1. The molecule has 3 aromatic rings. The number of benzene rings is 1. The Morgan fingerprint density at radius 3 is 2.47 bits per heavy atom. The summed E-state index contributed by atoms with van der Waals surface area (Å²) in [7, 11) is 0. The summed E-state index contributed by atoms with van der Waals surface area (Å²) in [4.78, 5) is 40.8. The van der Waals surface area contributed by atoms with E-state index >= 15 is 0 Å². The van der Waals surface area contributed by atoms with Crippen LogP contribution in [0.2, 0.25) is 0 Å². The quantitative estimate of drug-likeness (QED) is 0.583. The monoisotopic (exact) mass is 428 g/mol. The lowest BCUT2D eigenvalue weighted by Crippen LogP contribution is -2.33. The molecule has 1 aromatic carbocycles. The van der Waals surface area contributed by atoms with E-state index in [-0.39, 0.29) is 11.9 Å². The number of aryl methyl sites for hydroxylation is 2. The van der Waals surface area contributed by atoms with Crippen LogP contribution in [-0.4, -0.2) is 33.4 Å². The summed E-state index contributed by atoms with van der Waals surface area (Å²) in [6.07, 6.45) is 4.16. The summed E-state index contributed by atoms with van der Waals surface area (Å²) < 4.78 is 5.15. The highest BCUT2D eigenvalue weighted by Gasteiger charge is 2.45. The van der Waals surface area contributed by atoms with Crippen LogP contribution in [0.5, 0.6) is 0 Å². The average molecular weight is 428 g/mol. The van der Waals surface area contributed by atoms with Gasteiger partial charge in [-0.2, -0.15) is 0 Å². The normalized spacial score (nSPS) is 19.2. The third-order valence-corrected chi connectivity index (χ3v) is 6.38. The van der Waals surface area contributed by atoms with Crippen molar-refractivity contribution in [3.05, 3.63) is 65.4 Å². The van der Waals surface area contributed by atoms with E-state index in [1.54, 1.807) is 17.3 Å². The molecule has 0 spiro atoms. The Morgan fingerprint density at radius 2 is 1.78 bits per heavy atom.